The van der Waals surface area contributed by atoms with Gasteiger partial charge in [-0.1, -0.05) is 31.5 Å². The Kier molecular flexibility index (Phi) is 5.68. The number of aromatic nitrogens is 2. The summed E-state index contributed by atoms with van der Waals surface area (Å²) in [6.07, 6.45) is 3.81. The highest BCUT2D eigenvalue weighted by atomic mass is 16.1. The molecule has 0 bridgehead atoms. The number of carbonyl (C=O) groups is 1. The van der Waals surface area contributed by atoms with Gasteiger partial charge in [0.2, 0.25) is 5.95 Å². The highest BCUT2D eigenvalue weighted by molar-refractivity contribution is 6.03. The van der Waals surface area contributed by atoms with E-state index < -0.39 is 0 Å². The molecule has 0 aliphatic carbocycles. The minimum absolute atomic E-state index is 0.213. The summed E-state index contributed by atoms with van der Waals surface area (Å²) in [6.45, 7) is 6.97. The molecule has 2 aromatic rings. The number of nitrogens with one attached hydrogen (secondary N) is 1. The van der Waals surface area contributed by atoms with E-state index in [0.29, 0.717) is 11.6 Å². The van der Waals surface area contributed by atoms with Gasteiger partial charge >= 0.3 is 0 Å². The Labute approximate surface area is 137 Å². The molecule has 1 aromatic heterocycles. The van der Waals surface area contributed by atoms with Crippen LogP contribution in [0.3, 0.4) is 0 Å². The molecule has 0 fully saturated rings. The second-order valence-electron chi connectivity index (χ2n) is 5.74. The maximum absolute atomic E-state index is 12.5. The highest BCUT2D eigenvalue weighted by Gasteiger charge is 2.13. The van der Waals surface area contributed by atoms with Gasteiger partial charge in [-0.15, -0.1) is 0 Å². The Balaban J connectivity index is 2.17. The Morgan fingerprint density at radius 1 is 1.22 bits per heavy atom. The zero-order chi connectivity index (χ0) is 16.8. The van der Waals surface area contributed by atoms with Gasteiger partial charge in [0.05, 0.1) is 0 Å². The second kappa shape index (κ2) is 7.72. The Morgan fingerprint density at radius 3 is 2.57 bits per heavy atom. The van der Waals surface area contributed by atoms with Crippen molar-refractivity contribution in [2.24, 2.45) is 0 Å². The van der Waals surface area contributed by atoms with Crippen LogP contribution in [-0.4, -0.2) is 29.5 Å². The van der Waals surface area contributed by atoms with Crippen molar-refractivity contribution in [3.63, 3.8) is 0 Å². The number of anilines is 2. The SMILES string of the molecule is CCCCN(C)c1nccc(C(=O)Nc2c(C)cccc2C)n1. The van der Waals surface area contributed by atoms with Gasteiger partial charge in [-0.3, -0.25) is 4.79 Å². The summed E-state index contributed by atoms with van der Waals surface area (Å²) in [6, 6.07) is 7.57. The van der Waals surface area contributed by atoms with Crippen LogP contribution in [0.25, 0.3) is 0 Å². The minimum Gasteiger partial charge on any atom is -0.344 e. The van der Waals surface area contributed by atoms with E-state index >= 15 is 0 Å². The van der Waals surface area contributed by atoms with Crippen molar-refractivity contribution in [3.05, 3.63) is 47.3 Å². The molecule has 1 heterocycles. The third kappa shape index (κ3) is 4.28. The normalized spacial score (nSPS) is 10.4. The second-order valence-corrected chi connectivity index (χ2v) is 5.74. The molecule has 1 aromatic carbocycles. The Bertz CT molecular complexity index is 664. The quantitative estimate of drug-likeness (QED) is 0.885. The summed E-state index contributed by atoms with van der Waals surface area (Å²) in [5, 5.41) is 2.96. The summed E-state index contributed by atoms with van der Waals surface area (Å²) in [4.78, 5) is 23.1. The van der Waals surface area contributed by atoms with E-state index in [1.807, 2.05) is 44.0 Å². The highest BCUT2D eigenvalue weighted by Crippen LogP contribution is 2.20. The van der Waals surface area contributed by atoms with E-state index in [0.717, 1.165) is 36.2 Å². The molecule has 23 heavy (non-hydrogen) atoms. The lowest BCUT2D eigenvalue weighted by molar-refractivity contribution is 0.102. The Morgan fingerprint density at radius 2 is 1.91 bits per heavy atom. The minimum atomic E-state index is -0.213. The van der Waals surface area contributed by atoms with E-state index in [4.69, 9.17) is 0 Å². The van der Waals surface area contributed by atoms with Gasteiger partial charge in [-0.2, -0.15) is 0 Å². The molecule has 1 amide bonds. The lowest BCUT2D eigenvalue weighted by Gasteiger charge is -2.17. The molecule has 0 spiro atoms. The van der Waals surface area contributed by atoms with Crippen LogP contribution in [0.15, 0.2) is 30.5 Å². The monoisotopic (exact) mass is 312 g/mol. The zero-order valence-corrected chi connectivity index (χ0v) is 14.3. The fourth-order valence-electron chi connectivity index (χ4n) is 2.34. The smallest absolute Gasteiger partial charge is 0.274 e. The largest absolute Gasteiger partial charge is 0.344 e. The van der Waals surface area contributed by atoms with Crippen LogP contribution in [-0.2, 0) is 0 Å². The van der Waals surface area contributed by atoms with Crippen molar-refractivity contribution >= 4 is 17.5 Å². The van der Waals surface area contributed by atoms with Crippen molar-refractivity contribution in [1.82, 2.24) is 9.97 Å². The van der Waals surface area contributed by atoms with Crippen LogP contribution < -0.4 is 10.2 Å². The summed E-state index contributed by atoms with van der Waals surface area (Å²) >= 11 is 0. The molecule has 0 saturated heterocycles. The molecule has 5 nitrogen and oxygen atoms in total. The van der Waals surface area contributed by atoms with E-state index in [-0.39, 0.29) is 5.91 Å². The van der Waals surface area contributed by atoms with Crippen molar-refractivity contribution in [3.8, 4) is 0 Å². The van der Waals surface area contributed by atoms with Crippen LogP contribution in [0.2, 0.25) is 0 Å². The van der Waals surface area contributed by atoms with Crippen LogP contribution in [0.1, 0.15) is 41.4 Å². The molecule has 0 aliphatic rings. The van der Waals surface area contributed by atoms with Gasteiger partial charge in [-0.05, 0) is 37.5 Å². The van der Waals surface area contributed by atoms with Gasteiger partial charge in [0, 0.05) is 25.5 Å². The molecule has 1 N–H and O–H groups in total. The molecule has 2 rings (SSSR count). The zero-order valence-electron chi connectivity index (χ0n) is 14.3. The van der Waals surface area contributed by atoms with Crippen molar-refractivity contribution in [1.29, 1.82) is 0 Å². The topological polar surface area (TPSA) is 58.1 Å². The standard InChI is InChI=1S/C18H24N4O/c1-5-6-12-22(4)18-19-11-10-15(20-18)17(23)21-16-13(2)8-7-9-14(16)3/h7-11H,5-6,12H2,1-4H3,(H,21,23). The first-order valence-corrected chi connectivity index (χ1v) is 7.94. The molecule has 0 unspecified atom stereocenters. The first-order valence-electron chi connectivity index (χ1n) is 7.94. The molecule has 0 radical (unpaired) electrons. The van der Waals surface area contributed by atoms with Gasteiger partial charge in [-0.25, -0.2) is 9.97 Å². The van der Waals surface area contributed by atoms with Crippen LogP contribution in [0, 0.1) is 13.8 Å². The molecule has 5 heteroatoms. The number of rotatable bonds is 6. The molecule has 0 atom stereocenters. The summed E-state index contributed by atoms with van der Waals surface area (Å²) in [5.74, 6) is 0.363. The maximum atomic E-state index is 12.5. The first-order chi connectivity index (χ1) is 11.0. The molecule has 122 valence electrons. The number of aryl methyl sites for hydroxylation is 2. The van der Waals surface area contributed by atoms with Gasteiger partial charge < -0.3 is 10.2 Å². The summed E-state index contributed by atoms with van der Waals surface area (Å²) < 4.78 is 0. The third-order valence-electron chi connectivity index (χ3n) is 3.78. The van der Waals surface area contributed by atoms with Crippen LogP contribution in [0.4, 0.5) is 11.6 Å². The molecule has 0 aliphatic heterocycles. The van der Waals surface area contributed by atoms with Gasteiger partial charge in [0.1, 0.15) is 5.69 Å². The fraction of sp³-hybridized carbons (Fsp3) is 0.389. The number of carbonyl (C=O) groups excluding carboxylic acids is 1. The number of para-hydroxylation sites is 1. The number of benzene rings is 1. The van der Waals surface area contributed by atoms with Crippen LogP contribution >= 0.6 is 0 Å². The number of amides is 1. The summed E-state index contributed by atoms with van der Waals surface area (Å²) in [5.41, 5.74) is 3.29. The number of hydrogen-bond acceptors (Lipinski definition) is 4. The van der Waals surface area contributed by atoms with Crippen LogP contribution in [0.5, 0.6) is 0 Å². The van der Waals surface area contributed by atoms with E-state index in [1.54, 1.807) is 12.3 Å². The number of hydrogen-bond donors (Lipinski definition) is 1. The van der Waals surface area contributed by atoms with Crippen molar-refractivity contribution in [2.75, 3.05) is 23.8 Å². The molecule has 0 saturated carbocycles. The maximum Gasteiger partial charge on any atom is 0.274 e. The van der Waals surface area contributed by atoms with E-state index in [1.165, 1.54) is 0 Å². The van der Waals surface area contributed by atoms with E-state index in [2.05, 4.69) is 22.2 Å². The Hall–Kier alpha value is -2.43. The molecular weight excluding hydrogens is 288 g/mol. The predicted octanol–water partition coefficient (Wildman–Crippen LogP) is 3.58. The third-order valence-corrected chi connectivity index (χ3v) is 3.78. The average Bonchev–Trinajstić information content (AvgIpc) is 2.56. The van der Waals surface area contributed by atoms with Crippen molar-refractivity contribution in [2.45, 2.75) is 33.6 Å². The lowest BCUT2D eigenvalue weighted by atomic mass is 10.1. The van der Waals surface area contributed by atoms with E-state index in [9.17, 15) is 4.79 Å². The van der Waals surface area contributed by atoms with Gasteiger partial charge in [0.25, 0.3) is 5.91 Å². The predicted molar refractivity (Wildman–Crippen MR) is 94.1 cm³/mol. The van der Waals surface area contributed by atoms with Gasteiger partial charge in [0.15, 0.2) is 0 Å². The number of nitrogens with zero attached hydrogens (tertiary/aromatic N) is 3. The fourth-order valence-corrected chi connectivity index (χ4v) is 2.34. The lowest BCUT2D eigenvalue weighted by Crippen LogP contribution is -2.23. The number of unbranched alkanes of at least 4 members (excludes halogenated alkanes) is 1. The average molecular weight is 312 g/mol. The first kappa shape index (κ1) is 16.9. The van der Waals surface area contributed by atoms with Crippen molar-refractivity contribution < 1.29 is 4.79 Å². The molecular formula is C18H24N4O. The summed E-state index contributed by atoms with van der Waals surface area (Å²) in [7, 11) is 1.94.